The van der Waals surface area contributed by atoms with Gasteiger partial charge in [-0.15, -0.1) is 0 Å². The number of hydrogen-bond acceptors (Lipinski definition) is 2. The number of nitrogens with one attached hydrogen (secondary N) is 1. The Hall–Kier alpha value is -0.540. The summed E-state index contributed by atoms with van der Waals surface area (Å²) in [6.07, 6.45) is 3.82. The largest absolute Gasteiger partial charge is 0.315 e. The molecule has 3 nitrogen and oxygen atoms in total. The van der Waals surface area contributed by atoms with Gasteiger partial charge in [-0.3, -0.25) is 4.68 Å². The Morgan fingerprint density at radius 1 is 1.35 bits per heavy atom. The number of halogens is 1. The van der Waals surface area contributed by atoms with Gasteiger partial charge in [-0.2, -0.15) is 5.10 Å². The maximum absolute atomic E-state index is 6.14. The van der Waals surface area contributed by atoms with Crippen molar-refractivity contribution in [2.24, 2.45) is 0 Å². The van der Waals surface area contributed by atoms with Crippen molar-refractivity contribution < 1.29 is 0 Å². The number of aryl methyl sites for hydroxylation is 1. The lowest BCUT2D eigenvalue weighted by atomic mass is 10.2. The summed E-state index contributed by atoms with van der Waals surface area (Å²) in [5, 5.41) is 8.73. The highest BCUT2D eigenvalue weighted by Gasteiger charge is 2.13. The third-order valence-electron chi connectivity index (χ3n) is 3.05. The molecule has 4 heteroatoms. The molecule has 1 heterocycles. The van der Waals surface area contributed by atoms with E-state index in [1.54, 1.807) is 0 Å². The summed E-state index contributed by atoms with van der Waals surface area (Å²) in [6.45, 7) is 10.4. The molecule has 0 amide bonds. The molecule has 1 unspecified atom stereocenters. The fraction of sp³-hybridized carbons (Fsp3) is 0.769. The van der Waals surface area contributed by atoms with Crippen molar-refractivity contribution in [3.05, 3.63) is 16.4 Å². The van der Waals surface area contributed by atoms with Gasteiger partial charge in [0.2, 0.25) is 0 Å². The van der Waals surface area contributed by atoms with Crippen molar-refractivity contribution in [2.45, 2.75) is 53.0 Å². The van der Waals surface area contributed by atoms with Crippen LogP contribution in [-0.2, 0) is 0 Å². The summed E-state index contributed by atoms with van der Waals surface area (Å²) in [7, 11) is 0. The van der Waals surface area contributed by atoms with Gasteiger partial charge in [-0.25, -0.2) is 0 Å². The molecule has 0 saturated carbocycles. The second-order valence-corrected chi connectivity index (χ2v) is 5.07. The monoisotopic (exact) mass is 257 g/mol. The molecule has 0 bridgehead atoms. The topological polar surface area (TPSA) is 29.9 Å². The minimum atomic E-state index is 0.350. The van der Waals surface area contributed by atoms with Gasteiger partial charge in [0.1, 0.15) is 0 Å². The smallest absolute Gasteiger partial charge is 0.0844 e. The fourth-order valence-electron chi connectivity index (χ4n) is 1.97. The van der Waals surface area contributed by atoms with E-state index in [0.717, 1.165) is 29.5 Å². The van der Waals surface area contributed by atoms with Gasteiger partial charge >= 0.3 is 0 Å². The van der Waals surface area contributed by atoms with Crippen LogP contribution in [0.5, 0.6) is 0 Å². The molecule has 1 atom stereocenters. The predicted octanol–water partition coefficient (Wildman–Crippen LogP) is 3.49. The summed E-state index contributed by atoms with van der Waals surface area (Å²) < 4.78 is 2.02. The van der Waals surface area contributed by atoms with Gasteiger partial charge in [0.05, 0.1) is 22.5 Å². The van der Waals surface area contributed by atoms with Crippen LogP contribution < -0.4 is 5.32 Å². The average molecular weight is 258 g/mol. The van der Waals surface area contributed by atoms with Crippen LogP contribution in [0, 0.1) is 13.8 Å². The molecule has 0 saturated heterocycles. The highest BCUT2D eigenvalue weighted by atomic mass is 35.5. The van der Waals surface area contributed by atoms with Gasteiger partial charge in [0.15, 0.2) is 0 Å². The Labute approximate surface area is 110 Å². The molecule has 17 heavy (non-hydrogen) atoms. The van der Waals surface area contributed by atoms with E-state index in [0.29, 0.717) is 6.04 Å². The first kappa shape index (κ1) is 14.5. The van der Waals surface area contributed by atoms with Crippen molar-refractivity contribution in [3.63, 3.8) is 0 Å². The first-order chi connectivity index (χ1) is 8.07. The van der Waals surface area contributed by atoms with E-state index in [4.69, 9.17) is 11.6 Å². The van der Waals surface area contributed by atoms with Gasteiger partial charge < -0.3 is 5.32 Å². The Balaban J connectivity index is 2.41. The van der Waals surface area contributed by atoms with E-state index in [1.165, 1.54) is 19.3 Å². The molecular weight excluding hydrogens is 234 g/mol. The molecule has 0 aliphatic heterocycles. The third-order valence-corrected chi connectivity index (χ3v) is 3.60. The Morgan fingerprint density at radius 3 is 2.59 bits per heavy atom. The number of hydrogen-bond donors (Lipinski definition) is 1. The van der Waals surface area contributed by atoms with Gasteiger partial charge in [0, 0.05) is 6.54 Å². The average Bonchev–Trinajstić information content (AvgIpc) is 2.56. The lowest BCUT2D eigenvalue weighted by Crippen LogP contribution is -2.25. The summed E-state index contributed by atoms with van der Waals surface area (Å²) in [6, 6.07) is 0.350. The van der Waals surface area contributed by atoms with Crippen molar-refractivity contribution in [3.8, 4) is 0 Å². The third kappa shape index (κ3) is 4.00. The normalized spacial score (nSPS) is 13.0. The first-order valence-electron chi connectivity index (χ1n) is 6.49. The molecular formula is C13H24ClN3. The predicted molar refractivity (Wildman–Crippen MR) is 73.8 cm³/mol. The van der Waals surface area contributed by atoms with Gasteiger partial charge in [-0.05, 0) is 33.7 Å². The van der Waals surface area contributed by atoms with Crippen LogP contribution in [0.1, 0.15) is 50.5 Å². The van der Waals surface area contributed by atoms with Crippen molar-refractivity contribution in [2.75, 3.05) is 13.1 Å². The Kier molecular flexibility index (Phi) is 6.00. The quantitative estimate of drug-likeness (QED) is 0.758. The molecule has 1 rings (SSSR count). The van der Waals surface area contributed by atoms with Crippen LogP contribution in [0.4, 0.5) is 0 Å². The second-order valence-electron chi connectivity index (χ2n) is 4.69. The molecule has 1 aromatic rings. The van der Waals surface area contributed by atoms with E-state index in [1.807, 2.05) is 18.5 Å². The van der Waals surface area contributed by atoms with E-state index >= 15 is 0 Å². The maximum atomic E-state index is 6.14. The number of aromatic nitrogens is 2. The SMILES string of the molecule is CCCCCNCC(C)n1nc(C)c(Cl)c1C. The van der Waals surface area contributed by atoms with Crippen LogP contribution in [0.15, 0.2) is 0 Å². The van der Waals surface area contributed by atoms with E-state index in [2.05, 4.69) is 24.3 Å². The van der Waals surface area contributed by atoms with E-state index < -0.39 is 0 Å². The molecule has 0 aliphatic carbocycles. The number of nitrogens with zero attached hydrogens (tertiary/aromatic N) is 2. The summed E-state index contributed by atoms with van der Waals surface area (Å²) in [5.74, 6) is 0. The molecule has 0 radical (unpaired) electrons. The van der Waals surface area contributed by atoms with Gasteiger partial charge in [0.25, 0.3) is 0 Å². The minimum absolute atomic E-state index is 0.350. The molecule has 98 valence electrons. The molecule has 0 aliphatic rings. The minimum Gasteiger partial charge on any atom is -0.315 e. The Bertz CT molecular complexity index is 347. The molecule has 1 aromatic heterocycles. The zero-order valence-corrected chi connectivity index (χ0v) is 12.1. The highest BCUT2D eigenvalue weighted by molar-refractivity contribution is 6.31. The second kappa shape index (κ2) is 7.02. The van der Waals surface area contributed by atoms with Crippen molar-refractivity contribution >= 4 is 11.6 Å². The Morgan fingerprint density at radius 2 is 2.06 bits per heavy atom. The van der Waals surface area contributed by atoms with Crippen LogP contribution in [0.25, 0.3) is 0 Å². The van der Waals surface area contributed by atoms with Crippen molar-refractivity contribution in [1.82, 2.24) is 15.1 Å². The summed E-state index contributed by atoms with van der Waals surface area (Å²) >= 11 is 6.14. The number of rotatable bonds is 7. The van der Waals surface area contributed by atoms with Crippen molar-refractivity contribution in [1.29, 1.82) is 0 Å². The zero-order chi connectivity index (χ0) is 12.8. The van der Waals surface area contributed by atoms with E-state index in [9.17, 15) is 0 Å². The molecule has 0 spiro atoms. The fourth-order valence-corrected chi connectivity index (χ4v) is 2.09. The first-order valence-corrected chi connectivity index (χ1v) is 6.87. The standard InChI is InChI=1S/C13H24ClN3/c1-5-6-7-8-15-9-10(2)17-12(4)13(14)11(3)16-17/h10,15H,5-9H2,1-4H3. The molecule has 1 N–H and O–H groups in total. The highest BCUT2D eigenvalue weighted by Crippen LogP contribution is 2.21. The summed E-state index contributed by atoms with van der Waals surface area (Å²) in [4.78, 5) is 0. The lowest BCUT2D eigenvalue weighted by molar-refractivity contribution is 0.440. The van der Waals surface area contributed by atoms with Crippen LogP contribution in [0.2, 0.25) is 5.02 Å². The number of unbranched alkanes of at least 4 members (excludes halogenated alkanes) is 2. The van der Waals surface area contributed by atoms with E-state index in [-0.39, 0.29) is 0 Å². The van der Waals surface area contributed by atoms with Crippen LogP contribution >= 0.6 is 11.6 Å². The van der Waals surface area contributed by atoms with Crippen LogP contribution in [-0.4, -0.2) is 22.9 Å². The lowest BCUT2D eigenvalue weighted by Gasteiger charge is -2.15. The molecule has 0 aromatic carbocycles. The van der Waals surface area contributed by atoms with Crippen LogP contribution in [0.3, 0.4) is 0 Å². The maximum Gasteiger partial charge on any atom is 0.0844 e. The zero-order valence-electron chi connectivity index (χ0n) is 11.4. The molecule has 0 fully saturated rings. The summed E-state index contributed by atoms with van der Waals surface area (Å²) in [5.41, 5.74) is 1.98. The van der Waals surface area contributed by atoms with Gasteiger partial charge in [-0.1, -0.05) is 31.4 Å².